The molecule has 0 saturated heterocycles. The second-order valence-electron chi connectivity index (χ2n) is 6.88. The van der Waals surface area contributed by atoms with Crippen LogP contribution in [0, 0.1) is 0 Å². The van der Waals surface area contributed by atoms with Crippen LogP contribution in [0.25, 0.3) is 10.9 Å². The van der Waals surface area contributed by atoms with Gasteiger partial charge < -0.3 is 34.0 Å². The minimum atomic E-state index is -0.253. The van der Waals surface area contributed by atoms with E-state index in [-0.39, 0.29) is 11.9 Å². The maximum Gasteiger partial charge on any atom is 0.268 e. The summed E-state index contributed by atoms with van der Waals surface area (Å²) < 4.78 is 27.5. The van der Waals surface area contributed by atoms with Crippen molar-refractivity contribution in [3.05, 3.63) is 41.6 Å². The Morgan fingerprint density at radius 3 is 2.43 bits per heavy atom. The van der Waals surface area contributed by atoms with Crippen molar-refractivity contribution in [1.29, 1.82) is 0 Å². The number of aromatic nitrogens is 1. The van der Waals surface area contributed by atoms with E-state index in [4.69, 9.17) is 23.7 Å². The van der Waals surface area contributed by atoms with Gasteiger partial charge in [0.1, 0.15) is 24.7 Å². The molecule has 2 aromatic carbocycles. The molecule has 8 nitrogen and oxygen atoms in total. The highest BCUT2D eigenvalue weighted by Gasteiger charge is 2.21. The number of carbonyl (C=O) groups is 1. The third kappa shape index (κ3) is 3.45. The lowest BCUT2D eigenvalue weighted by atomic mass is 10.1. The van der Waals surface area contributed by atoms with Crippen molar-refractivity contribution in [2.45, 2.75) is 13.0 Å². The maximum absolute atomic E-state index is 12.9. The van der Waals surface area contributed by atoms with Gasteiger partial charge in [0.2, 0.25) is 0 Å². The number of amides is 1. The number of fused-ring (bicyclic) bond motifs is 2. The summed E-state index contributed by atoms with van der Waals surface area (Å²) in [6.45, 7) is 2.96. The predicted molar refractivity (Wildman–Crippen MR) is 111 cm³/mol. The lowest BCUT2D eigenvalue weighted by Gasteiger charge is -2.21. The normalized spacial score (nSPS) is 13.6. The molecule has 1 atom stereocenters. The number of hydrogen-bond acceptors (Lipinski definition) is 6. The fraction of sp³-hybridized carbons (Fsp3) is 0.318. The van der Waals surface area contributed by atoms with Gasteiger partial charge >= 0.3 is 0 Å². The Bertz CT molecular complexity index is 1090. The maximum atomic E-state index is 12.9. The van der Waals surface area contributed by atoms with Crippen molar-refractivity contribution >= 4 is 16.8 Å². The molecule has 2 N–H and O–H groups in total. The van der Waals surface area contributed by atoms with Gasteiger partial charge in [0.25, 0.3) is 5.91 Å². The van der Waals surface area contributed by atoms with Crippen LogP contribution in [0.15, 0.2) is 30.3 Å². The van der Waals surface area contributed by atoms with Gasteiger partial charge in [-0.2, -0.15) is 0 Å². The quantitative estimate of drug-likeness (QED) is 0.644. The molecule has 1 aliphatic heterocycles. The zero-order valence-electron chi connectivity index (χ0n) is 17.3. The Kier molecular flexibility index (Phi) is 5.31. The molecule has 2 heterocycles. The summed E-state index contributed by atoms with van der Waals surface area (Å²) in [5.41, 5.74) is 1.94. The van der Waals surface area contributed by atoms with E-state index in [0.717, 1.165) is 10.9 Å². The van der Waals surface area contributed by atoms with Crippen LogP contribution in [0.4, 0.5) is 0 Å². The molecule has 0 saturated carbocycles. The predicted octanol–water partition coefficient (Wildman–Crippen LogP) is 3.46. The first-order valence-corrected chi connectivity index (χ1v) is 9.57. The Balaban J connectivity index is 1.61. The van der Waals surface area contributed by atoms with Gasteiger partial charge in [0.05, 0.1) is 32.9 Å². The lowest BCUT2D eigenvalue weighted by Crippen LogP contribution is -2.27. The van der Waals surface area contributed by atoms with Crippen LogP contribution in [-0.4, -0.2) is 45.4 Å². The Morgan fingerprint density at radius 1 is 1.00 bits per heavy atom. The number of rotatable bonds is 6. The third-order valence-corrected chi connectivity index (χ3v) is 5.10. The fourth-order valence-corrected chi connectivity index (χ4v) is 3.55. The molecule has 30 heavy (non-hydrogen) atoms. The van der Waals surface area contributed by atoms with Crippen molar-refractivity contribution in [3.8, 4) is 28.7 Å². The van der Waals surface area contributed by atoms with Crippen molar-refractivity contribution in [1.82, 2.24) is 10.3 Å². The van der Waals surface area contributed by atoms with E-state index in [1.165, 1.54) is 0 Å². The molecule has 0 bridgehead atoms. The topological polar surface area (TPSA) is 91.0 Å². The third-order valence-electron chi connectivity index (χ3n) is 5.10. The van der Waals surface area contributed by atoms with E-state index >= 15 is 0 Å². The molecule has 158 valence electrons. The van der Waals surface area contributed by atoms with Crippen LogP contribution in [0.1, 0.15) is 29.0 Å². The van der Waals surface area contributed by atoms with Gasteiger partial charge in [0.15, 0.2) is 23.0 Å². The van der Waals surface area contributed by atoms with E-state index in [1.54, 1.807) is 33.5 Å². The van der Waals surface area contributed by atoms with Gasteiger partial charge in [-0.25, -0.2) is 0 Å². The highest BCUT2D eigenvalue weighted by molar-refractivity contribution is 6.02. The van der Waals surface area contributed by atoms with Crippen molar-refractivity contribution in [2.24, 2.45) is 0 Å². The highest BCUT2D eigenvalue weighted by atomic mass is 16.6. The van der Waals surface area contributed by atoms with E-state index in [2.05, 4.69) is 10.3 Å². The van der Waals surface area contributed by atoms with Crippen LogP contribution in [0.2, 0.25) is 0 Å². The fourth-order valence-electron chi connectivity index (χ4n) is 3.55. The molecular weight excluding hydrogens is 388 g/mol. The van der Waals surface area contributed by atoms with Crippen LogP contribution in [0.5, 0.6) is 28.7 Å². The summed E-state index contributed by atoms with van der Waals surface area (Å²) in [6, 6.07) is 8.90. The monoisotopic (exact) mass is 412 g/mol. The minimum absolute atomic E-state index is 0.238. The Morgan fingerprint density at radius 2 is 1.73 bits per heavy atom. The van der Waals surface area contributed by atoms with Crippen molar-refractivity contribution in [2.75, 3.05) is 34.5 Å². The van der Waals surface area contributed by atoms with Crippen molar-refractivity contribution in [3.63, 3.8) is 0 Å². The number of nitrogens with one attached hydrogen (secondary N) is 2. The standard InChI is InChI=1S/C22H24N2O6/c1-12(13-5-6-16-18(9-13)30-8-7-29-16)23-22(25)15-10-14-17(26-2)11-19(27-3)21(28-4)20(14)24-15/h5-6,9-12,24H,7-8H2,1-4H3,(H,23,25). The van der Waals surface area contributed by atoms with Gasteiger partial charge in [-0.3, -0.25) is 4.79 Å². The number of carbonyl (C=O) groups excluding carboxylic acids is 1. The average molecular weight is 412 g/mol. The Labute approximate surface area is 174 Å². The summed E-state index contributed by atoms with van der Waals surface area (Å²) in [5, 5.41) is 3.73. The van der Waals surface area contributed by atoms with Crippen LogP contribution in [0.3, 0.4) is 0 Å². The van der Waals surface area contributed by atoms with Crippen LogP contribution < -0.4 is 29.0 Å². The van der Waals surface area contributed by atoms with Crippen LogP contribution in [-0.2, 0) is 0 Å². The molecule has 1 aromatic heterocycles. The molecule has 0 fully saturated rings. The number of H-pyrrole nitrogens is 1. The number of aromatic amines is 1. The SMILES string of the molecule is COc1cc(OC)c2cc(C(=O)NC(C)c3ccc4c(c3)OCCO4)[nH]c2c1OC. The lowest BCUT2D eigenvalue weighted by molar-refractivity contribution is 0.0935. The molecule has 1 unspecified atom stereocenters. The molecule has 1 amide bonds. The molecule has 8 heteroatoms. The molecule has 3 aromatic rings. The van der Waals surface area contributed by atoms with E-state index in [9.17, 15) is 4.79 Å². The van der Waals surface area contributed by atoms with Crippen molar-refractivity contribution < 1.29 is 28.5 Å². The Hall–Kier alpha value is -3.55. The molecular formula is C22H24N2O6. The molecule has 4 rings (SSSR count). The molecule has 0 spiro atoms. The first kappa shape index (κ1) is 19.8. The summed E-state index contributed by atoms with van der Waals surface area (Å²) in [7, 11) is 4.67. The van der Waals surface area contributed by atoms with Gasteiger partial charge in [0, 0.05) is 11.5 Å². The van der Waals surface area contributed by atoms with E-state index < -0.39 is 0 Å². The van der Waals surface area contributed by atoms with Crippen LogP contribution >= 0.6 is 0 Å². The summed E-state index contributed by atoms with van der Waals surface area (Å²) >= 11 is 0. The first-order chi connectivity index (χ1) is 14.5. The largest absolute Gasteiger partial charge is 0.496 e. The smallest absolute Gasteiger partial charge is 0.268 e. The van der Waals surface area contributed by atoms with Gasteiger partial charge in [-0.1, -0.05) is 6.07 Å². The summed E-state index contributed by atoms with van der Waals surface area (Å²) in [5.74, 6) is 2.75. The molecule has 0 radical (unpaired) electrons. The molecule has 0 aliphatic carbocycles. The number of ether oxygens (including phenoxy) is 5. The number of benzene rings is 2. The van der Waals surface area contributed by atoms with E-state index in [0.29, 0.717) is 53.2 Å². The first-order valence-electron chi connectivity index (χ1n) is 9.57. The number of hydrogen-bond donors (Lipinski definition) is 2. The summed E-state index contributed by atoms with van der Waals surface area (Å²) in [6.07, 6.45) is 0. The second-order valence-corrected chi connectivity index (χ2v) is 6.88. The second kappa shape index (κ2) is 8.06. The average Bonchev–Trinajstić information content (AvgIpc) is 3.23. The zero-order chi connectivity index (χ0) is 21.3. The van der Waals surface area contributed by atoms with Gasteiger partial charge in [-0.05, 0) is 30.7 Å². The zero-order valence-corrected chi connectivity index (χ0v) is 17.3. The minimum Gasteiger partial charge on any atom is -0.496 e. The molecule has 1 aliphatic rings. The van der Waals surface area contributed by atoms with Gasteiger partial charge in [-0.15, -0.1) is 0 Å². The van der Waals surface area contributed by atoms with E-state index in [1.807, 2.05) is 25.1 Å². The summed E-state index contributed by atoms with van der Waals surface area (Å²) in [4.78, 5) is 16.1. The highest BCUT2D eigenvalue weighted by Crippen LogP contribution is 2.41. The number of methoxy groups -OCH3 is 3.